The third-order valence-corrected chi connectivity index (χ3v) is 4.74. The topological polar surface area (TPSA) is 17.1 Å². The maximum absolute atomic E-state index is 11.5. The summed E-state index contributed by atoms with van der Waals surface area (Å²) in [5.41, 5.74) is 5.33. The minimum Gasteiger partial charge on any atom is -0.290 e. The van der Waals surface area contributed by atoms with Crippen molar-refractivity contribution in [1.82, 2.24) is 0 Å². The fourth-order valence-corrected chi connectivity index (χ4v) is 3.26. The van der Waals surface area contributed by atoms with E-state index in [1.54, 1.807) is 12.2 Å². The molecule has 0 N–H and O–H groups in total. The van der Waals surface area contributed by atoms with Gasteiger partial charge in [-0.2, -0.15) is 0 Å². The van der Waals surface area contributed by atoms with Gasteiger partial charge < -0.3 is 0 Å². The Labute approximate surface area is 150 Å². The van der Waals surface area contributed by atoms with E-state index < -0.39 is 0 Å². The maximum atomic E-state index is 11.5. The fraction of sp³-hybridized carbons (Fsp3) is 0.208. The van der Waals surface area contributed by atoms with Gasteiger partial charge in [-0.25, -0.2) is 0 Å². The second-order valence-electron chi connectivity index (χ2n) is 6.63. The lowest BCUT2D eigenvalue weighted by Crippen LogP contribution is -2.02. The van der Waals surface area contributed by atoms with Crippen LogP contribution in [-0.2, 0) is 11.2 Å². The van der Waals surface area contributed by atoms with Gasteiger partial charge in [0.15, 0.2) is 5.78 Å². The SMILES string of the molecule is CC(CC(CCc1ccccc1)=C1C=CC(=O)C=C1)c1ccccc1. The van der Waals surface area contributed by atoms with Crippen LogP contribution < -0.4 is 0 Å². The Morgan fingerprint density at radius 3 is 2.08 bits per heavy atom. The Bertz CT molecular complexity index is 777. The van der Waals surface area contributed by atoms with Gasteiger partial charge in [0.2, 0.25) is 0 Å². The minimum atomic E-state index is 0.0715. The van der Waals surface area contributed by atoms with Crippen LogP contribution in [0, 0.1) is 0 Å². The first-order chi connectivity index (χ1) is 12.2. The molecule has 1 unspecified atom stereocenters. The number of hydrogen-bond acceptors (Lipinski definition) is 1. The van der Waals surface area contributed by atoms with Crippen LogP contribution in [0.4, 0.5) is 0 Å². The molecule has 0 radical (unpaired) electrons. The number of carbonyl (C=O) groups is 1. The second kappa shape index (κ2) is 8.43. The van der Waals surface area contributed by atoms with E-state index in [1.165, 1.54) is 22.3 Å². The van der Waals surface area contributed by atoms with E-state index in [4.69, 9.17) is 0 Å². The average molecular weight is 328 g/mol. The molecular weight excluding hydrogens is 304 g/mol. The maximum Gasteiger partial charge on any atom is 0.178 e. The number of ketones is 1. The number of rotatable bonds is 6. The quantitative estimate of drug-likeness (QED) is 0.654. The predicted molar refractivity (Wildman–Crippen MR) is 105 cm³/mol. The van der Waals surface area contributed by atoms with E-state index in [2.05, 4.69) is 67.6 Å². The summed E-state index contributed by atoms with van der Waals surface area (Å²) >= 11 is 0. The number of allylic oxidation sites excluding steroid dienone is 6. The first-order valence-corrected chi connectivity index (χ1v) is 8.93. The van der Waals surface area contributed by atoms with Gasteiger partial charge in [0.05, 0.1) is 0 Å². The molecule has 2 aromatic rings. The molecule has 0 saturated carbocycles. The molecule has 1 atom stereocenters. The molecular formula is C24H24O. The number of aryl methyl sites for hydroxylation is 1. The van der Waals surface area contributed by atoms with Crippen molar-refractivity contribution in [3.05, 3.63) is 107 Å². The van der Waals surface area contributed by atoms with Gasteiger partial charge in [-0.3, -0.25) is 4.79 Å². The molecule has 1 aliphatic rings. The molecule has 2 aromatic carbocycles. The highest BCUT2D eigenvalue weighted by atomic mass is 16.1. The second-order valence-corrected chi connectivity index (χ2v) is 6.63. The first-order valence-electron chi connectivity index (χ1n) is 8.93. The van der Waals surface area contributed by atoms with Crippen molar-refractivity contribution in [2.24, 2.45) is 0 Å². The molecule has 0 bridgehead atoms. The number of benzene rings is 2. The van der Waals surface area contributed by atoms with Crippen LogP contribution in [0.25, 0.3) is 0 Å². The monoisotopic (exact) mass is 328 g/mol. The number of carbonyl (C=O) groups excluding carboxylic acids is 1. The first kappa shape index (κ1) is 17.2. The lowest BCUT2D eigenvalue weighted by Gasteiger charge is -2.18. The van der Waals surface area contributed by atoms with Crippen LogP contribution in [-0.4, -0.2) is 5.78 Å². The molecule has 0 amide bonds. The summed E-state index contributed by atoms with van der Waals surface area (Å²) in [5.74, 6) is 0.529. The summed E-state index contributed by atoms with van der Waals surface area (Å²) in [5, 5.41) is 0. The van der Waals surface area contributed by atoms with Crippen molar-refractivity contribution in [1.29, 1.82) is 0 Å². The molecule has 1 nitrogen and oxygen atoms in total. The summed E-state index contributed by atoms with van der Waals surface area (Å²) in [6, 6.07) is 21.2. The van der Waals surface area contributed by atoms with E-state index >= 15 is 0 Å². The Morgan fingerprint density at radius 2 is 1.44 bits per heavy atom. The van der Waals surface area contributed by atoms with E-state index in [1.807, 2.05) is 12.2 Å². The summed E-state index contributed by atoms with van der Waals surface area (Å²) in [6.45, 7) is 2.28. The zero-order valence-electron chi connectivity index (χ0n) is 14.7. The van der Waals surface area contributed by atoms with E-state index in [0.29, 0.717) is 5.92 Å². The third kappa shape index (κ3) is 4.90. The van der Waals surface area contributed by atoms with Crippen LogP contribution in [0.2, 0.25) is 0 Å². The third-order valence-electron chi connectivity index (χ3n) is 4.74. The highest BCUT2D eigenvalue weighted by molar-refractivity contribution is 6.01. The van der Waals surface area contributed by atoms with Gasteiger partial charge >= 0.3 is 0 Å². The van der Waals surface area contributed by atoms with Crippen LogP contribution in [0.15, 0.2) is 96.1 Å². The largest absolute Gasteiger partial charge is 0.290 e. The van der Waals surface area contributed by atoms with Crippen molar-refractivity contribution in [3.63, 3.8) is 0 Å². The van der Waals surface area contributed by atoms with Crippen molar-refractivity contribution in [3.8, 4) is 0 Å². The van der Waals surface area contributed by atoms with Gasteiger partial charge in [0.1, 0.15) is 0 Å². The summed E-state index contributed by atoms with van der Waals surface area (Å²) in [7, 11) is 0. The lowest BCUT2D eigenvalue weighted by atomic mass is 9.87. The van der Waals surface area contributed by atoms with Crippen molar-refractivity contribution >= 4 is 5.78 Å². The highest BCUT2D eigenvalue weighted by Crippen LogP contribution is 2.29. The van der Waals surface area contributed by atoms with E-state index in [-0.39, 0.29) is 5.78 Å². The molecule has 25 heavy (non-hydrogen) atoms. The Balaban J connectivity index is 1.79. The van der Waals surface area contributed by atoms with Crippen molar-refractivity contribution < 1.29 is 4.79 Å². The Kier molecular flexibility index (Phi) is 5.79. The van der Waals surface area contributed by atoms with E-state index in [0.717, 1.165) is 19.3 Å². The van der Waals surface area contributed by atoms with Gasteiger partial charge in [-0.15, -0.1) is 0 Å². The molecule has 0 fully saturated rings. The van der Waals surface area contributed by atoms with Crippen LogP contribution in [0.5, 0.6) is 0 Å². The smallest absolute Gasteiger partial charge is 0.178 e. The average Bonchev–Trinajstić information content (AvgIpc) is 2.67. The zero-order chi connectivity index (χ0) is 17.5. The highest BCUT2D eigenvalue weighted by Gasteiger charge is 2.12. The van der Waals surface area contributed by atoms with Gasteiger partial charge in [-0.05, 0) is 54.0 Å². The molecule has 0 aromatic heterocycles. The Morgan fingerprint density at radius 1 is 0.840 bits per heavy atom. The molecule has 0 spiro atoms. The Hall–Kier alpha value is -2.67. The van der Waals surface area contributed by atoms with Crippen LogP contribution in [0.3, 0.4) is 0 Å². The van der Waals surface area contributed by atoms with Gasteiger partial charge in [-0.1, -0.05) is 85.3 Å². The molecule has 1 aliphatic carbocycles. The molecule has 3 rings (SSSR count). The lowest BCUT2D eigenvalue weighted by molar-refractivity contribution is -0.110. The molecule has 0 heterocycles. The molecule has 1 heteroatoms. The molecule has 0 aliphatic heterocycles. The minimum absolute atomic E-state index is 0.0715. The number of hydrogen-bond donors (Lipinski definition) is 0. The van der Waals surface area contributed by atoms with Crippen molar-refractivity contribution in [2.75, 3.05) is 0 Å². The fourth-order valence-electron chi connectivity index (χ4n) is 3.26. The predicted octanol–water partition coefficient (Wildman–Crippen LogP) is 5.80. The molecule has 126 valence electrons. The van der Waals surface area contributed by atoms with Gasteiger partial charge in [0, 0.05) is 0 Å². The normalized spacial score (nSPS) is 14.6. The zero-order valence-corrected chi connectivity index (χ0v) is 14.7. The summed E-state index contributed by atoms with van der Waals surface area (Å²) < 4.78 is 0. The van der Waals surface area contributed by atoms with Crippen LogP contribution >= 0.6 is 0 Å². The standard InChI is InChI=1S/C24H24O/c1-19(21-10-6-3-7-11-21)18-23(22-14-16-24(25)17-15-22)13-12-20-8-4-2-5-9-20/h2-11,14-17,19H,12-13,18H2,1H3. The van der Waals surface area contributed by atoms with Crippen molar-refractivity contribution in [2.45, 2.75) is 32.1 Å². The summed E-state index contributed by atoms with van der Waals surface area (Å²) in [6.07, 6.45) is 10.3. The summed E-state index contributed by atoms with van der Waals surface area (Å²) in [4.78, 5) is 11.5. The van der Waals surface area contributed by atoms with Gasteiger partial charge in [0.25, 0.3) is 0 Å². The molecule has 0 saturated heterocycles. The van der Waals surface area contributed by atoms with E-state index in [9.17, 15) is 4.79 Å². The van der Waals surface area contributed by atoms with Crippen LogP contribution in [0.1, 0.15) is 36.8 Å².